The van der Waals surface area contributed by atoms with Crippen LogP contribution in [-0.2, 0) is 0 Å². The van der Waals surface area contributed by atoms with Gasteiger partial charge in [0.05, 0.1) is 6.61 Å². The number of ether oxygens (including phenoxy) is 1. The Morgan fingerprint density at radius 3 is 2.44 bits per heavy atom. The molecule has 0 unspecified atom stereocenters. The molecule has 2 N–H and O–H groups in total. The second-order valence-electron chi connectivity index (χ2n) is 4.65. The number of aryl methyl sites for hydroxylation is 1. The van der Waals surface area contributed by atoms with Gasteiger partial charge in [0.2, 0.25) is 0 Å². The third-order valence-electron chi connectivity index (χ3n) is 3.04. The molecule has 0 atom stereocenters. The molecule has 0 aromatic heterocycles. The molecular formula is C14H23BO3. The Bertz CT molecular complexity index is 353. The van der Waals surface area contributed by atoms with Crippen molar-refractivity contribution in [2.45, 2.75) is 46.0 Å². The smallest absolute Gasteiger partial charge is 0.488 e. The van der Waals surface area contributed by atoms with Crippen molar-refractivity contribution in [3.63, 3.8) is 0 Å². The van der Waals surface area contributed by atoms with E-state index < -0.39 is 7.12 Å². The minimum atomic E-state index is -1.41. The number of rotatable bonds is 8. The van der Waals surface area contributed by atoms with Crippen LogP contribution < -0.4 is 10.2 Å². The lowest BCUT2D eigenvalue weighted by atomic mass is 9.77. The number of unbranched alkanes of at least 4 members (excludes halogenated alkanes) is 4. The topological polar surface area (TPSA) is 49.7 Å². The summed E-state index contributed by atoms with van der Waals surface area (Å²) in [5, 5.41) is 18.2. The fourth-order valence-corrected chi connectivity index (χ4v) is 1.92. The largest absolute Gasteiger partial charge is 0.494 e. The summed E-state index contributed by atoms with van der Waals surface area (Å²) in [6.07, 6.45) is 6.10. The van der Waals surface area contributed by atoms with E-state index in [0.29, 0.717) is 5.46 Å². The van der Waals surface area contributed by atoms with E-state index in [0.717, 1.165) is 24.3 Å². The van der Waals surface area contributed by atoms with Gasteiger partial charge in [-0.1, -0.05) is 38.7 Å². The van der Waals surface area contributed by atoms with Gasteiger partial charge in [-0.25, -0.2) is 0 Å². The molecule has 0 aliphatic heterocycles. The molecule has 0 aliphatic carbocycles. The molecule has 0 saturated carbocycles. The molecule has 4 heteroatoms. The molecule has 18 heavy (non-hydrogen) atoms. The zero-order valence-corrected chi connectivity index (χ0v) is 11.4. The lowest BCUT2D eigenvalue weighted by molar-refractivity contribution is 0.304. The summed E-state index contributed by atoms with van der Waals surface area (Å²) in [5.41, 5.74) is 1.37. The molecule has 0 amide bonds. The van der Waals surface area contributed by atoms with Crippen LogP contribution in [0.1, 0.15) is 44.6 Å². The molecule has 3 nitrogen and oxygen atoms in total. The Kier molecular flexibility index (Phi) is 6.84. The zero-order chi connectivity index (χ0) is 13.4. The number of hydrogen-bond donors (Lipinski definition) is 2. The highest BCUT2D eigenvalue weighted by Gasteiger charge is 2.13. The lowest BCUT2D eigenvalue weighted by Gasteiger charge is -2.09. The maximum Gasteiger partial charge on any atom is 0.488 e. The summed E-state index contributed by atoms with van der Waals surface area (Å²) in [6.45, 7) is 4.78. The summed E-state index contributed by atoms with van der Waals surface area (Å²) in [4.78, 5) is 0. The first kappa shape index (κ1) is 15.1. The number of benzene rings is 1. The van der Waals surface area contributed by atoms with E-state index in [1.807, 2.05) is 13.0 Å². The Morgan fingerprint density at radius 2 is 1.83 bits per heavy atom. The van der Waals surface area contributed by atoms with E-state index in [-0.39, 0.29) is 0 Å². The summed E-state index contributed by atoms with van der Waals surface area (Å²) in [6, 6.07) is 5.33. The van der Waals surface area contributed by atoms with Gasteiger partial charge in [-0.05, 0) is 36.5 Å². The lowest BCUT2D eigenvalue weighted by Crippen LogP contribution is -2.31. The van der Waals surface area contributed by atoms with Crippen LogP contribution in [0.15, 0.2) is 18.2 Å². The highest BCUT2D eigenvalue weighted by Crippen LogP contribution is 2.12. The standard InChI is InChI=1S/C14H23BO3/c1-3-4-5-6-7-10-18-13-8-9-14(15(16)17)12(2)11-13/h8-9,11,16-17H,3-7,10H2,1-2H3. The van der Waals surface area contributed by atoms with Crippen molar-refractivity contribution in [3.8, 4) is 5.75 Å². The zero-order valence-electron chi connectivity index (χ0n) is 11.4. The SMILES string of the molecule is CCCCCCCOc1ccc(B(O)O)c(C)c1. The molecule has 0 heterocycles. The molecule has 0 aliphatic rings. The highest BCUT2D eigenvalue weighted by atomic mass is 16.5. The van der Waals surface area contributed by atoms with E-state index in [2.05, 4.69) is 6.92 Å². The molecular weight excluding hydrogens is 227 g/mol. The molecule has 0 bridgehead atoms. The van der Waals surface area contributed by atoms with Crippen molar-refractivity contribution >= 4 is 12.6 Å². The normalized spacial score (nSPS) is 10.4. The van der Waals surface area contributed by atoms with Crippen LogP contribution >= 0.6 is 0 Å². The Hall–Kier alpha value is -0.995. The highest BCUT2D eigenvalue weighted by molar-refractivity contribution is 6.59. The summed E-state index contributed by atoms with van der Waals surface area (Å²) in [5.74, 6) is 0.799. The monoisotopic (exact) mass is 250 g/mol. The minimum absolute atomic E-state index is 0.533. The van der Waals surface area contributed by atoms with Gasteiger partial charge in [0.15, 0.2) is 0 Å². The second-order valence-corrected chi connectivity index (χ2v) is 4.65. The summed E-state index contributed by atoms with van der Waals surface area (Å²) < 4.78 is 5.64. The van der Waals surface area contributed by atoms with Gasteiger partial charge in [0, 0.05) is 0 Å². The van der Waals surface area contributed by atoms with Gasteiger partial charge < -0.3 is 14.8 Å². The molecule has 0 spiro atoms. The van der Waals surface area contributed by atoms with Crippen molar-refractivity contribution in [3.05, 3.63) is 23.8 Å². The minimum Gasteiger partial charge on any atom is -0.494 e. The van der Waals surface area contributed by atoms with Crippen molar-refractivity contribution < 1.29 is 14.8 Å². The fraction of sp³-hybridized carbons (Fsp3) is 0.571. The van der Waals surface area contributed by atoms with Crippen molar-refractivity contribution in [2.75, 3.05) is 6.61 Å². The van der Waals surface area contributed by atoms with Crippen LogP contribution in [0.2, 0.25) is 0 Å². The first-order valence-corrected chi connectivity index (χ1v) is 6.74. The molecule has 0 radical (unpaired) electrons. The van der Waals surface area contributed by atoms with Crippen molar-refractivity contribution in [2.24, 2.45) is 0 Å². The molecule has 1 aromatic carbocycles. The van der Waals surface area contributed by atoms with Crippen LogP contribution in [0.4, 0.5) is 0 Å². The Labute approximate surface area is 110 Å². The van der Waals surface area contributed by atoms with Crippen LogP contribution in [-0.4, -0.2) is 23.8 Å². The average molecular weight is 250 g/mol. The quantitative estimate of drug-likeness (QED) is 0.548. The van der Waals surface area contributed by atoms with Crippen LogP contribution in [0, 0.1) is 6.92 Å². The first-order chi connectivity index (χ1) is 8.65. The van der Waals surface area contributed by atoms with Crippen molar-refractivity contribution in [1.29, 1.82) is 0 Å². The predicted molar refractivity (Wildman–Crippen MR) is 75.3 cm³/mol. The number of hydrogen-bond acceptors (Lipinski definition) is 3. The third-order valence-corrected chi connectivity index (χ3v) is 3.04. The third kappa shape index (κ3) is 5.11. The molecule has 1 rings (SSSR count). The molecule has 100 valence electrons. The van der Waals surface area contributed by atoms with Gasteiger partial charge >= 0.3 is 7.12 Å². The van der Waals surface area contributed by atoms with Gasteiger partial charge in [0.25, 0.3) is 0 Å². The first-order valence-electron chi connectivity index (χ1n) is 6.74. The van der Waals surface area contributed by atoms with Gasteiger partial charge in [0.1, 0.15) is 5.75 Å². The van der Waals surface area contributed by atoms with Crippen LogP contribution in [0.3, 0.4) is 0 Å². The van der Waals surface area contributed by atoms with Crippen LogP contribution in [0.5, 0.6) is 5.75 Å². The van der Waals surface area contributed by atoms with Crippen molar-refractivity contribution in [1.82, 2.24) is 0 Å². The van der Waals surface area contributed by atoms with E-state index in [9.17, 15) is 0 Å². The molecule has 0 saturated heterocycles. The summed E-state index contributed by atoms with van der Waals surface area (Å²) >= 11 is 0. The molecule has 1 aromatic rings. The van der Waals surface area contributed by atoms with Gasteiger partial charge in [-0.2, -0.15) is 0 Å². The summed E-state index contributed by atoms with van der Waals surface area (Å²) in [7, 11) is -1.41. The van der Waals surface area contributed by atoms with Crippen LogP contribution in [0.25, 0.3) is 0 Å². The fourth-order valence-electron chi connectivity index (χ4n) is 1.92. The predicted octanol–water partition coefficient (Wildman–Crippen LogP) is 2.02. The van der Waals surface area contributed by atoms with Gasteiger partial charge in [-0.3, -0.25) is 0 Å². The average Bonchev–Trinajstić information content (AvgIpc) is 2.33. The second kappa shape index (κ2) is 8.17. The van der Waals surface area contributed by atoms with E-state index >= 15 is 0 Å². The van der Waals surface area contributed by atoms with E-state index in [4.69, 9.17) is 14.8 Å². The Balaban J connectivity index is 2.33. The Morgan fingerprint density at radius 1 is 1.11 bits per heavy atom. The maximum absolute atomic E-state index is 9.11. The van der Waals surface area contributed by atoms with E-state index in [1.54, 1.807) is 12.1 Å². The van der Waals surface area contributed by atoms with Gasteiger partial charge in [-0.15, -0.1) is 0 Å². The maximum atomic E-state index is 9.11. The molecule has 0 fully saturated rings. The van der Waals surface area contributed by atoms with E-state index in [1.165, 1.54) is 25.7 Å².